The zero-order valence-electron chi connectivity index (χ0n) is 9.78. The maximum Gasteiger partial charge on any atom is 0.139 e. The Hall–Kier alpha value is -1.45. The van der Waals surface area contributed by atoms with Crippen LogP contribution in [0.2, 0.25) is 10.0 Å². The van der Waals surface area contributed by atoms with Crippen molar-refractivity contribution < 1.29 is 4.74 Å². The highest BCUT2D eigenvalue weighted by Gasteiger charge is 2.12. The van der Waals surface area contributed by atoms with Crippen LogP contribution in [0.1, 0.15) is 6.92 Å². The summed E-state index contributed by atoms with van der Waals surface area (Å²) in [5.74, 6) is 0.565. The molecule has 0 amide bonds. The number of ether oxygens (including phenoxy) is 1. The molecule has 0 atom stereocenters. The van der Waals surface area contributed by atoms with Crippen molar-refractivity contribution >= 4 is 28.9 Å². The van der Waals surface area contributed by atoms with Gasteiger partial charge in [-0.2, -0.15) is 0 Å². The van der Waals surface area contributed by atoms with E-state index in [0.29, 0.717) is 28.1 Å². The van der Waals surface area contributed by atoms with E-state index in [-0.39, 0.29) is 0 Å². The number of anilines is 1. The zero-order chi connectivity index (χ0) is 13.1. The Morgan fingerprint density at radius 2 is 2.00 bits per heavy atom. The molecule has 2 aromatic rings. The van der Waals surface area contributed by atoms with Crippen LogP contribution in [-0.4, -0.2) is 11.6 Å². The smallest absolute Gasteiger partial charge is 0.139 e. The van der Waals surface area contributed by atoms with Gasteiger partial charge < -0.3 is 10.5 Å². The summed E-state index contributed by atoms with van der Waals surface area (Å²) in [6, 6.07) is 5.15. The second-order valence-electron chi connectivity index (χ2n) is 3.66. The molecule has 1 heterocycles. The minimum absolute atomic E-state index is 0.500. The van der Waals surface area contributed by atoms with Crippen LogP contribution >= 0.6 is 23.2 Å². The molecule has 0 aliphatic heterocycles. The van der Waals surface area contributed by atoms with Gasteiger partial charge in [-0.05, 0) is 19.1 Å². The number of aromatic nitrogens is 1. The summed E-state index contributed by atoms with van der Waals surface area (Å²) in [7, 11) is 0. The van der Waals surface area contributed by atoms with Crippen LogP contribution in [0.15, 0.2) is 30.6 Å². The fraction of sp³-hybridized carbons (Fsp3) is 0.154. The van der Waals surface area contributed by atoms with Gasteiger partial charge in [-0.1, -0.05) is 23.2 Å². The van der Waals surface area contributed by atoms with Gasteiger partial charge in [0, 0.05) is 35.3 Å². The second-order valence-corrected chi connectivity index (χ2v) is 4.47. The Morgan fingerprint density at radius 3 is 2.67 bits per heavy atom. The highest BCUT2D eigenvalue weighted by atomic mass is 35.5. The summed E-state index contributed by atoms with van der Waals surface area (Å²) >= 11 is 12.4. The van der Waals surface area contributed by atoms with Crippen molar-refractivity contribution in [1.82, 2.24) is 4.98 Å². The molecular formula is C13H12Cl2N2O. The fourth-order valence-corrected chi connectivity index (χ4v) is 2.11. The van der Waals surface area contributed by atoms with E-state index in [1.54, 1.807) is 30.6 Å². The Labute approximate surface area is 115 Å². The van der Waals surface area contributed by atoms with Crippen LogP contribution in [0.3, 0.4) is 0 Å². The van der Waals surface area contributed by atoms with Gasteiger partial charge >= 0.3 is 0 Å². The molecule has 18 heavy (non-hydrogen) atoms. The maximum absolute atomic E-state index is 6.22. The van der Waals surface area contributed by atoms with Crippen LogP contribution in [0.5, 0.6) is 5.75 Å². The summed E-state index contributed by atoms with van der Waals surface area (Å²) in [5, 5.41) is 1.03. The quantitative estimate of drug-likeness (QED) is 0.924. The number of rotatable bonds is 3. The molecule has 0 radical (unpaired) electrons. The molecule has 0 spiro atoms. The standard InChI is InChI=1S/C13H12Cl2N2O/c1-2-18-13-6-10(14)8(5-11(13)15)9-7-17-4-3-12(9)16/h3-7H,2H2,1H3,(H2,16,17). The molecule has 0 fully saturated rings. The number of pyridine rings is 1. The Bertz CT molecular complexity index is 573. The number of hydrogen-bond donors (Lipinski definition) is 1. The molecular weight excluding hydrogens is 271 g/mol. The molecule has 0 saturated heterocycles. The first-order valence-electron chi connectivity index (χ1n) is 5.45. The number of nitrogens with two attached hydrogens (primary N) is 1. The van der Waals surface area contributed by atoms with Crippen LogP contribution in [-0.2, 0) is 0 Å². The van der Waals surface area contributed by atoms with E-state index < -0.39 is 0 Å². The Morgan fingerprint density at radius 1 is 1.22 bits per heavy atom. The van der Waals surface area contributed by atoms with Gasteiger partial charge in [0.2, 0.25) is 0 Å². The fourth-order valence-electron chi connectivity index (χ4n) is 1.63. The van der Waals surface area contributed by atoms with Crippen LogP contribution in [0, 0.1) is 0 Å². The summed E-state index contributed by atoms with van der Waals surface area (Å²) in [4.78, 5) is 4.04. The highest BCUT2D eigenvalue weighted by Crippen LogP contribution is 2.38. The summed E-state index contributed by atoms with van der Waals surface area (Å²) in [5.41, 5.74) is 8.00. The highest BCUT2D eigenvalue weighted by molar-refractivity contribution is 6.36. The normalized spacial score (nSPS) is 10.4. The second kappa shape index (κ2) is 5.46. The summed E-state index contributed by atoms with van der Waals surface area (Å²) < 4.78 is 5.38. The van der Waals surface area contributed by atoms with Gasteiger partial charge in [0.1, 0.15) is 5.75 Å². The first-order chi connectivity index (χ1) is 8.63. The molecule has 2 rings (SSSR count). The first kappa shape index (κ1) is 13.0. The van der Waals surface area contributed by atoms with Crippen molar-refractivity contribution in [1.29, 1.82) is 0 Å². The molecule has 0 aliphatic rings. The number of nitrogen functional groups attached to an aromatic ring is 1. The van der Waals surface area contributed by atoms with Gasteiger partial charge in [0.15, 0.2) is 0 Å². The van der Waals surface area contributed by atoms with E-state index in [0.717, 1.165) is 11.1 Å². The lowest BCUT2D eigenvalue weighted by molar-refractivity contribution is 0.340. The Kier molecular flexibility index (Phi) is 3.94. The van der Waals surface area contributed by atoms with Crippen LogP contribution in [0.25, 0.3) is 11.1 Å². The molecule has 0 unspecified atom stereocenters. The number of nitrogens with zero attached hydrogens (tertiary/aromatic N) is 1. The lowest BCUT2D eigenvalue weighted by Gasteiger charge is -2.11. The number of halogens is 2. The SMILES string of the molecule is CCOc1cc(Cl)c(-c2cnccc2N)cc1Cl. The van der Waals surface area contributed by atoms with E-state index in [4.69, 9.17) is 33.7 Å². The molecule has 1 aromatic heterocycles. The van der Waals surface area contributed by atoms with Crippen molar-refractivity contribution in [3.05, 3.63) is 40.6 Å². The van der Waals surface area contributed by atoms with E-state index in [1.807, 2.05) is 6.92 Å². The van der Waals surface area contributed by atoms with Crippen molar-refractivity contribution in [3.63, 3.8) is 0 Å². The lowest BCUT2D eigenvalue weighted by atomic mass is 10.1. The lowest BCUT2D eigenvalue weighted by Crippen LogP contribution is -1.95. The molecule has 94 valence electrons. The van der Waals surface area contributed by atoms with E-state index in [2.05, 4.69) is 4.98 Å². The Balaban J connectivity index is 2.53. The van der Waals surface area contributed by atoms with Crippen molar-refractivity contribution in [2.75, 3.05) is 12.3 Å². The predicted molar refractivity (Wildman–Crippen MR) is 75.3 cm³/mol. The van der Waals surface area contributed by atoms with Gasteiger partial charge in [-0.3, -0.25) is 4.98 Å². The predicted octanol–water partition coefficient (Wildman–Crippen LogP) is 4.04. The van der Waals surface area contributed by atoms with Crippen molar-refractivity contribution in [3.8, 4) is 16.9 Å². The summed E-state index contributed by atoms with van der Waals surface area (Å²) in [6.07, 6.45) is 3.29. The zero-order valence-corrected chi connectivity index (χ0v) is 11.3. The maximum atomic E-state index is 6.22. The van der Waals surface area contributed by atoms with Gasteiger partial charge in [0.25, 0.3) is 0 Å². The monoisotopic (exact) mass is 282 g/mol. The van der Waals surface area contributed by atoms with E-state index in [9.17, 15) is 0 Å². The molecule has 2 N–H and O–H groups in total. The van der Waals surface area contributed by atoms with Crippen LogP contribution in [0.4, 0.5) is 5.69 Å². The molecule has 5 heteroatoms. The number of hydrogen-bond acceptors (Lipinski definition) is 3. The molecule has 0 aliphatic carbocycles. The summed E-state index contributed by atoms with van der Waals surface area (Å²) in [6.45, 7) is 2.42. The third-order valence-electron chi connectivity index (χ3n) is 2.47. The van der Waals surface area contributed by atoms with E-state index >= 15 is 0 Å². The minimum Gasteiger partial charge on any atom is -0.492 e. The average molecular weight is 283 g/mol. The van der Waals surface area contributed by atoms with Crippen molar-refractivity contribution in [2.45, 2.75) is 6.92 Å². The molecule has 0 saturated carbocycles. The van der Waals surface area contributed by atoms with Gasteiger partial charge in [-0.25, -0.2) is 0 Å². The largest absolute Gasteiger partial charge is 0.492 e. The average Bonchev–Trinajstić information content (AvgIpc) is 2.35. The van der Waals surface area contributed by atoms with Gasteiger partial charge in [0.05, 0.1) is 16.7 Å². The van der Waals surface area contributed by atoms with Crippen LogP contribution < -0.4 is 10.5 Å². The minimum atomic E-state index is 0.500. The molecule has 1 aromatic carbocycles. The molecule has 3 nitrogen and oxygen atoms in total. The first-order valence-corrected chi connectivity index (χ1v) is 6.20. The van der Waals surface area contributed by atoms with Gasteiger partial charge in [-0.15, -0.1) is 0 Å². The topological polar surface area (TPSA) is 48.1 Å². The van der Waals surface area contributed by atoms with E-state index in [1.165, 1.54) is 0 Å². The third kappa shape index (κ3) is 2.52. The number of benzene rings is 1. The molecule has 0 bridgehead atoms. The van der Waals surface area contributed by atoms with Crippen molar-refractivity contribution in [2.24, 2.45) is 0 Å². The third-order valence-corrected chi connectivity index (χ3v) is 3.07.